The summed E-state index contributed by atoms with van der Waals surface area (Å²) in [5.41, 5.74) is -0.0997. The minimum atomic E-state index is -4.35. The van der Waals surface area contributed by atoms with Gasteiger partial charge in [0, 0.05) is 7.11 Å². The maximum atomic E-state index is 12.5. The van der Waals surface area contributed by atoms with Crippen LogP contribution in [-0.2, 0) is 15.8 Å². The van der Waals surface area contributed by atoms with E-state index in [0.717, 1.165) is 12.1 Å². The Morgan fingerprint density at radius 3 is 2.47 bits per heavy atom. The van der Waals surface area contributed by atoms with E-state index in [0.29, 0.717) is 10.6 Å². The molecule has 19 heavy (non-hydrogen) atoms. The van der Waals surface area contributed by atoms with Crippen LogP contribution in [0.1, 0.15) is 17.2 Å². The normalized spacial score (nSPS) is 20.3. The second kappa shape index (κ2) is 5.40. The molecule has 3 nitrogen and oxygen atoms in total. The number of methoxy groups -OCH3 is 1. The lowest BCUT2D eigenvalue weighted by atomic mass is 10.0. The summed E-state index contributed by atoms with van der Waals surface area (Å²) in [6.07, 6.45) is -3.01. The van der Waals surface area contributed by atoms with Crippen molar-refractivity contribution in [3.63, 3.8) is 0 Å². The lowest BCUT2D eigenvalue weighted by Gasteiger charge is -2.22. The molecule has 1 atom stereocenters. The van der Waals surface area contributed by atoms with Crippen LogP contribution in [0.2, 0.25) is 0 Å². The van der Waals surface area contributed by atoms with Crippen molar-refractivity contribution < 1.29 is 22.7 Å². The third-order valence-electron chi connectivity index (χ3n) is 2.66. The third-order valence-corrected chi connectivity index (χ3v) is 2.96. The van der Waals surface area contributed by atoms with E-state index in [1.54, 1.807) is 0 Å². The first-order chi connectivity index (χ1) is 8.93. The van der Waals surface area contributed by atoms with Gasteiger partial charge in [0.25, 0.3) is 0 Å². The van der Waals surface area contributed by atoms with Gasteiger partial charge in [-0.05, 0) is 17.7 Å². The van der Waals surface area contributed by atoms with Gasteiger partial charge in [-0.2, -0.15) is 13.2 Å². The molecular weight excluding hydrogens is 283 g/mol. The molecule has 0 bridgehead atoms. The Bertz CT molecular complexity index is 473. The average Bonchev–Trinajstić information content (AvgIpc) is 2.70. The smallest absolute Gasteiger partial charge is 0.409 e. The monoisotopic (exact) mass is 293 g/mol. The van der Waals surface area contributed by atoms with E-state index in [9.17, 15) is 13.2 Å². The first-order valence-corrected chi connectivity index (χ1v) is 5.76. The van der Waals surface area contributed by atoms with E-state index in [2.05, 4.69) is 0 Å². The zero-order chi connectivity index (χ0) is 14.0. The second-order valence-corrected chi connectivity index (χ2v) is 4.40. The molecule has 104 valence electrons. The summed E-state index contributed by atoms with van der Waals surface area (Å²) in [4.78, 5) is 5.16. The van der Waals surface area contributed by atoms with Crippen molar-refractivity contribution in [2.45, 2.75) is 12.2 Å². The fourth-order valence-electron chi connectivity index (χ4n) is 1.79. The number of benzene rings is 1. The molecule has 0 N–H and O–H groups in total. The number of ether oxygens (including phenoxy) is 1. The Morgan fingerprint density at radius 2 is 1.95 bits per heavy atom. The molecule has 0 saturated carbocycles. The van der Waals surface area contributed by atoms with Crippen LogP contribution in [0.25, 0.3) is 0 Å². The summed E-state index contributed by atoms with van der Waals surface area (Å²) < 4.78 is 42.4. The highest BCUT2D eigenvalue weighted by atomic mass is 35.5. The van der Waals surface area contributed by atoms with Crippen LogP contribution in [0.15, 0.2) is 35.6 Å². The largest absolute Gasteiger partial charge is 0.416 e. The van der Waals surface area contributed by atoms with Crippen LogP contribution in [-0.4, -0.2) is 18.9 Å². The molecule has 7 heteroatoms. The van der Waals surface area contributed by atoms with E-state index in [-0.39, 0.29) is 6.73 Å². The lowest BCUT2D eigenvalue weighted by Crippen LogP contribution is -2.25. The van der Waals surface area contributed by atoms with Crippen molar-refractivity contribution in [3.05, 3.63) is 46.7 Å². The van der Waals surface area contributed by atoms with Crippen LogP contribution in [0.3, 0.4) is 0 Å². The van der Waals surface area contributed by atoms with E-state index in [4.69, 9.17) is 21.2 Å². The van der Waals surface area contributed by atoms with Gasteiger partial charge in [-0.3, -0.25) is 0 Å². The zero-order valence-electron chi connectivity index (χ0n) is 9.95. The van der Waals surface area contributed by atoms with E-state index in [1.165, 1.54) is 30.6 Å². The van der Waals surface area contributed by atoms with Crippen LogP contribution < -0.4 is 0 Å². The van der Waals surface area contributed by atoms with Crippen LogP contribution in [0.4, 0.5) is 13.2 Å². The fraction of sp³-hybridized carbons (Fsp3) is 0.333. The van der Waals surface area contributed by atoms with Crippen LogP contribution >= 0.6 is 11.6 Å². The molecule has 0 saturated heterocycles. The minimum absolute atomic E-state index is 0.151. The topological polar surface area (TPSA) is 21.7 Å². The molecule has 0 radical (unpaired) electrons. The predicted molar refractivity (Wildman–Crippen MR) is 62.9 cm³/mol. The molecule has 0 spiro atoms. The fourth-order valence-corrected chi connectivity index (χ4v) is 2.07. The molecule has 0 fully saturated rings. The molecule has 1 unspecified atom stereocenters. The van der Waals surface area contributed by atoms with Gasteiger partial charge in [-0.15, -0.1) is 5.06 Å². The molecule has 2 rings (SSSR count). The van der Waals surface area contributed by atoms with Gasteiger partial charge in [0.1, 0.15) is 19.0 Å². The van der Waals surface area contributed by atoms with Crippen molar-refractivity contribution in [2.75, 3.05) is 13.8 Å². The second-order valence-electron chi connectivity index (χ2n) is 3.97. The summed E-state index contributed by atoms with van der Waals surface area (Å²) in [7, 11) is 1.49. The maximum Gasteiger partial charge on any atom is 0.416 e. The molecule has 0 aromatic heterocycles. The predicted octanol–water partition coefficient (Wildman–Crippen LogP) is 3.68. The Balaban J connectivity index is 2.23. The number of nitrogens with zero attached hydrogens (tertiary/aromatic N) is 1. The number of halogens is 4. The third kappa shape index (κ3) is 3.02. The molecular formula is C12H11ClF3NO2. The van der Waals surface area contributed by atoms with Crippen molar-refractivity contribution in [3.8, 4) is 0 Å². The molecule has 0 aliphatic carbocycles. The standard InChI is InChI=1S/C12H11ClF3NO2/c1-18-7-17-11(10(13)6-19-17)8-2-4-9(5-3-8)12(14,15)16/h2-6,11H,7H2,1H3. The average molecular weight is 294 g/mol. The van der Waals surface area contributed by atoms with Crippen molar-refractivity contribution in [2.24, 2.45) is 0 Å². The maximum absolute atomic E-state index is 12.5. The first-order valence-electron chi connectivity index (χ1n) is 5.38. The van der Waals surface area contributed by atoms with Crippen LogP contribution in [0, 0.1) is 0 Å². The molecule has 1 heterocycles. The van der Waals surface area contributed by atoms with Crippen molar-refractivity contribution >= 4 is 11.6 Å². The molecule has 1 aliphatic rings. The van der Waals surface area contributed by atoms with Gasteiger partial charge in [0.05, 0.1) is 10.6 Å². The SMILES string of the molecule is COCN1OC=C(Cl)C1c1ccc(C(F)(F)F)cc1. The quantitative estimate of drug-likeness (QED) is 0.848. The highest BCUT2D eigenvalue weighted by Crippen LogP contribution is 2.37. The van der Waals surface area contributed by atoms with E-state index in [1.807, 2.05) is 0 Å². The van der Waals surface area contributed by atoms with Crippen molar-refractivity contribution in [1.29, 1.82) is 0 Å². The molecule has 1 aliphatic heterocycles. The summed E-state index contributed by atoms with van der Waals surface area (Å²) in [6.45, 7) is 0.151. The van der Waals surface area contributed by atoms with Gasteiger partial charge in [-0.25, -0.2) is 0 Å². The first kappa shape index (κ1) is 14.2. The van der Waals surface area contributed by atoms with Crippen molar-refractivity contribution in [1.82, 2.24) is 5.06 Å². The molecule has 0 amide bonds. The minimum Gasteiger partial charge on any atom is -0.409 e. The van der Waals surface area contributed by atoms with Crippen LogP contribution in [0.5, 0.6) is 0 Å². The number of hydrogen-bond donors (Lipinski definition) is 0. The summed E-state index contributed by atoms with van der Waals surface area (Å²) in [5, 5.41) is 1.82. The number of rotatable bonds is 3. The Hall–Kier alpha value is -1.24. The molecule has 1 aromatic rings. The number of hydroxylamine groups is 2. The number of hydrogen-bond acceptors (Lipinski definition) is 3. The van der Waals surface area contributed by atoms with Gasteiger partial charge in [0.15, 0.2) is 0 Å². The number of alkyl halides is 3. The highest BCUT2D eigenvalue weighted by molar-refractivity contribution is 6.30. The van der Waals surface area contributed by atoms with Gasteiger partial charge in [0.2, 0.25) is 0 Å². The Labute approximate surface area is 113 Å². The summed E-state index contributed by atoms with van der Waals surface area (Å²) >= 11 is 5.99. The summed E-state index contributed by atoms with van der Waals surface area (Å²) in [5.74, 6) is 0. The van der Waals surface area contributed by atoms with Gasteiger partial charge >= 0.3 is 6.18 Å². The highest BCUT2D eigenvalue weighted by Gasteiger charge is 2.33. The molecule has 1 aromatic carbocycles. The van der Waals surface area contributed by atoms with Gasteiger partial charge < -0.3 is 9.57 Å². The lowest BCUT2D eigenvalue weighted by molar-refractivity contribution is -0.162. The van der Waals surface area contributed by atoms with Gasteiger partial charge in [-0.1, -0.05) is 23.7 Å². The zero-order valence-corrected chi connectivity index (χ0v) is 10.7. The Kier molecular flexibility index (Phi) is 4.03. The van der Waals surface area contributed by atoms with E-state index < -0.39 is 17.8 Å². The Morgan fingerprint density at radius 1 is 1.32 bits per heavy atom. The van der Waals surface area contributed by atoms with E-state index >= 15 is 0 Å². The summed E-state index contributed by atoms with van der Waals surface area (Å²) in [6, 6.07) is 4.33.